The number of nitrogens with zero attached hydrogens (tertiary/aromatic N) is 6. The molecule has 0 saturated heterocycles. The van der Waals surface area contributed by atoms with Gasteiger partial charge in [-0.1, -0.05) is 11.6 Å². The van der Waals surface area contributed by atoms with Crippen LogP contribution in [-0.4, -0.2) is 24.6 Å². The number of fused-ring (bicyclic) bond motifs is 1. The minimum atomic E-state index is -0.741. The maximum atomic E-state index is 13.9. The van der Waals surface area contributed by atoms with Crippen molar-refractivity contribution in [3.05, 3.63) is 64.2 Å². The molecule has 0 unspecified atom stereocenters. The summed E-state index contributed by atoms with van der Waals surface area (Å²) in [6.07, 6.45) is 2.89. The maximum absolute atomic E-state index is 13.9. The van der Waals surface area contributed by atoms with Crippen molar-refractivity contribution < 1.29 is 8.78 Å². The molecule has 0 fully saturated rings. The Morgan fingerprint density at radius 3 is 2.61 bits per heavy atom. The Bertz CT molecular complexity index is 1340. The SMILES string of the molecule is Cc1nn2cc([C@H](C)Nc3ncnc(N)c3C#N)c(-c3cc(F)cc(F)c3)nc2c1Cl. The van der Waals surface area contributed by atoms with Crippen molar-refractivity contribution in [2.45, 2.75) is 19.9 Å². The molecule has 3 aromatic heterocycles. The summed E-state index contributed by atoms with van der Waals surface area (Å²) in [6, 6.07) is 4.59. The number of nitrogens with two attached hydrogens (primary N) is 1. The number of hydrogen-bond donors (Lipinski definition) is 2. The third-order valence-corrected chi connectivity index (χ3v) is 5.13. The van der Waals surface area contributed by atoms with E-state index < -0.39 is 17.7 Å². The Balaban J connectivity index is 1.90. The standard InChI is InChI=1S/C20H15ClF2N8/c1-9(28-19-14(6-24)18(25)26-8-27-19)15-7-31-20(16(21)10(2)30-31)29-17(15)11-3-12(22)5-13(23)4-11/h3-5,7-9H,1-2H3,(H3,25,26,27,28)/t9-/m0/s1. The summed E-state index contributed by atoms with van der Waals surface area (Å²) in [6.45, 7) is 3.50. The normalized spacial score (nSPS) is 12.0. The number of nitriles is 1. The molecular weight excluding hydrogens is 426 g/mol. The quantitative estimate of drug-likeness (QED) is 0.491. The number of aromatic nitrogens is 5. The molecule has 3 heterocycles. The molecule has 8 nitrogen and oxygen atoms in total. The van der Waals surface area contributed by atoms with Gasteiger partial charge in [0.15, 0.2) is 5.65 Å². The van der Waals surface area contributed by atoms with Crippen LogP contribution >= 0.6 is 11.6 Å². The lowest BCUT2D eigenvalue weighted by Gasteiger charge is -2.19. The first kappa shape index (κ1) is 20.4. The second-order valence-corrected chi connectivity index (χ2v) is 7.21. The molecule has 156 valence electrons. The second-order valence-electron chi connectivity index (χ2n) is 6.83. The van der Waals surface area contributed by atoms with Crippen LogP contribution in [0.2, 0.25) is 5.02 Å². The van der Waals surface area contributed by atoms with Gasteiger partial charge in [-0.3, -0.25) is 0 Å². The van der Waals surface area contributed by atoms with Gasteiger partial charge in [-0.15, -0.1) is 0 Å². The van der Waals surface area contributed by atoms with Gasteiger partial charge in [0.05, 0.1) is 17.4 Å². The highest BCUT2D eigenvalue weighted by atomic mass is 35.5. The van der Waals surface area contributed by atoms with Crippen LogP contribution in [0, 0.1) is 29.9 Å². The average Bonchev–Trinajstić information content (AvgIpc) is 2.99. The number of benzene rings is 1. The highest BCUT2D eigenvalue weighted by molar-refractivity contribution is 6.34. The number of nitrogens with one attached hydrogen (secondary N) is 1. The molecule has 0 aliphatic heterocycles. The molecule has 4 rings (SSSR count). The summed E-state index contributed by atoms with van der Waals surface area (Å²) < 4.78 is 29.4. The number of aryl methyl sites for hydroxylation is 1. The van der Waals surface area contributed by atoms with Crippen LogP contribution in [-0.2, 0) is 0 Å². The number of nitrogen functional groups attached to an aromatic ring is 1. The first-order valence-corrected chi connectivity index (χ1v) is 9.45. The Labute approximate surface area is 180 Å². The van der Waals surface area contributed by atoms with Crippen molar-refractivity contribution in [2.24, 2.45) is 0 Å². The zero-order chi connectivity index (χ0) is 22.3. The zero-order valence-corrected chi connectivity index (χ0v) is 17.1. The van der Waals surface area contributed by atoms with Crippen molar-refractivity contribution in [3.8, 4) is 17.3 Å². The van der Waals surface area contributed by atoms with Crippen LogP contribution in [0.15, 0.2) is 30.7 Å². The van der Waals surface area contributed by atoms with Gasteiger partial charge in [-0.05, 0) is 26.0 Å². The van der Waals surface area contributed by atoms with E-state index in [1.807, 2.05) is 6.07 Å². The van der Waals surface area contributed by atoms with E-state index in [2.05, 4.69) is 25.4 Å². The highest BCUT2D eigenvalue weighted by Gasteiger charge is 2.21. The molecule has 0 amide bonds. The van der Waals surface area contributed by atoms with Crippen LogP contribution in [0.25, 0.3) is 16.9 Å². The van der Waals surface area contributed by atoms with E-state index in [-0.39, 0.29) is 22.8 Å². The van der Waals surface area contributed by atoms with Crippen LogP contribution < -0.4 is 11.1 Å². The lowest BCUT2D eigenvalue weighted by molar-refractivity contribution is 0.584. The molecule has 0 bridgehead atoms. The molecule has 0 spiro atoms. The summed E-state index contributed by atoms with van der Waals surface area (Å²) >= 11 is 6.31. The summed E-state index contributed by atoms with van der Waals surface area (Å²) in [4.78, 5) is 12.4. The first-order chi connectivity index (χ1) is 14.8. The third kappa shape index (κ3) is 3.71. The minimum Gasteiger partial charge on any atom is -0.382 e. The number of hydrogen-bond acceptors (Lipinski definition) is 7. The van der Waals surface area contributed by atoms with Gasteiger partial charge in [0.2, 0.25) is 0 Å². The van der Waals surface area contributed by atoms with Crippen molar-refractivity contribution in [1.29, 1.82) is 5.26 Å². The van der Waals surface area contributed by atoms with E-state index in [0.29, 0.717) is 27.6 Å². The van der Waals surface area contributed by atoms with Gasteiger partial charge in [0, 0.05) is 23.4 Å². The molecule has 0 radical (unpaired) electrons. The van der Waals surface area contributed by atoms with E-state index in [1.165, 1.54) is 23.0 Å². The summed E-state index contributed by atoms with van der Waals surface area (Å²) in [5.74, 6) is -1.24. The van der Waals surface area contributed by atoms with Crippen LogP contribution in [0.3, 0.4) is 0 Å². The average molecular weight is 441 g/mol. The van der Waals surface area contributed by atoms with Crippen LogP contribution in [0.1, 0.15) is 29.8 Å². The molecule has 11 heteroatoms. The van der Waals surface area contributed by atoms with Gasteiger partial charge in [-0.25, -0.2) is 28.2 Å². The predicted molar refractivity (Wildman–Crippen MR) is 111 cm³/mol. The Hall–Kier alpha value is -3.84. The highest BCUT2D eigenvalue weighted by Crippen LogP contribution is 2.32. The molecule has 31 heavy (non-hydrogen) atoms. The van der Waals surface area contributed by atoms with Crippen LogP contribution in [0.4, 0.5) is 20.4 Å². The molecular formula is C20H15ClF2N8. The van der Waals surface area contributed by atoms with Crippen molar-refractivity contribution in [2.75, 3.05) is 11.1 Å². The van der Waals surface area contributed by atoms with Crippen LogP contribution in [0.5, 0.6) is 0 Å². The summed E-state index contributed by atoms with van der Waals surface area (Å²) in [5, 5.41) is 17.1. The lowest BCUT2D eigenvalue weighted by Crippen LogP contribution is -2.14. The molecule has 3 N–H and O–H groups in total. The number of rotatable bonds is 4. The first-order valence-electron chi connectivity index (χ1n) is 9.07. The molecule has 1 aromatic carbocycles. The van der Waals surface area contributed by atoms with Gasteiger partial charge >= 0.3 is 0 Å². The van der Waals surface area contributed by atoms with E-state index in [9.17, 15) is 14.0 Å². The van der Waals surface area contributed by atoms with Gasteiger partial charge in [-0.2, -0.15) is 10.4 Å². The van der Waals surface area contributed by atoms with E-state index >= 15 is 0 Å². The van der Waals surface area contributed by atoms with Gasteiger partial charge in [0.25, 0.3) is 0 Å². The Morgan fingerprint density at radius 1 is 1.23 bits per heavy atom. The van der Waals surface area contributed by atoms with E-state index in [0.717, 1.165) is 6.07 Å². The maximum Gasteiger partial charge on any atom is 0.174 e. The lowest BCUT2D eigenvalue weighted by atomic mass is 10.0. The van der Waals surface area contributed by atoms with Gasteiger partial charge < -0.3 is 11.1 Å². The summed E-state index contributed by atoms with van der Waals surface area (Å²) in [7, 11) is 0. The fourth-order valence-electron chi connectivity index (χ4n) is 3.21. The minimum absolute atomic E-state index is 0.0303. The smallest absolute Gasteiger partial charge is 0.174 e. The monoisotopic (exact) mass is 440 g/mol. The summed E-state index contributed by atoms with van der Waals surface area (Å²) in [5.41, 5.74) is 7.80. The number of halogens is 3. The molecule has 0 aliphatic carbocycles. The van der Waals surface area contributed by atoms with E-state index in [1.54, 1.807) is 20.0 Å². The topological polar surface area (TPSA) is 118 Å². The Morgan fingerprint density at radius 2 is 1.94 bits per heavy atom. The fourth-order valence-corrected chi connectivity index (χ4v) is 3.38. The Kier molecular flexibility index (Phi) is 5.12. The molecule has 0 saturated carbocycles. The van der Waals surface area contributed by atoms with Crippen molar-refractivity contribution in [3.63, 3.8) is 0 Å². The third-order valence-electron chi connectivity index (χ3n) is 4.69. The number of anilines is 2. The molecule has 1 atom stereocenters. The predicted octanol–water partition coefficient (Wildman–Crippen LogP) is 4.05. The van der Waals surface area contributed by atoms with Gasteiger partial charge in [0.1, 0.15) is 46.3 Å². The largest absolute Gasteiger partial charge is 0.382 e. The fraction of sp³-hybridized carbons (Fsp3) is 0.150. The molecule has 0 aliphatic rings. The zero-order valence-electron chi connectivity index (χ0n) is 16.4. The molecule has 4 aromatic rings. The van der Waals surface area contributed by atoms with E-state index in [4.69, 9.17) is 17.3 Å². The second kappa shape index (κ2) is 7.77. The van der Waals surface area contributed by atoms with Crippen molar-refractivity contribution in [1.82, 2.24) is 24.6 Å². The van der Waals surface area contributed by atoms with Crippen molar-refractivity contribution >= 4 is 28.9 Å².